The molecule has 81 heavy (non-hydrogen) atoms. The lowest BCUT2D eigenvalue weighted by atomic mass is 10.0. The summed E-state index contributed by atoms with van der Waals surface area (Å²) in [5.74, 6) is -14.4. The molecule has 0 bridgehead atoms. The van der Waals surface area contributed by atoms with E-state index >= 15 is 0 Å². The summed E-state index contributed by atoms with van der Waals surface area (Å²) in [5.41, 5.74) is 18.1. The molecule has 0 aliphatic carbocycles. The summed E-state index contributed by atoms with van der Waals surface area (Å²) in [7, 11) is 0. The molecule has 4 rings (SSSR count). The number of aliphatic carboxylic acids is 2. The van der Waals surface area contributed by atoms with E-state index in [4.69, 9.17) is 17.2 Å². The van der Waals surface area contributed by atoms with Crippen molar-refractivity contribution in [3.8, 4) is 11.5 Å². The molecule has 2 aliphatic rings. The SMILES string of the molecule is C[C@H](NC(=O)[C@H](CC(=O)O)NC(=O)[C@H](CCC(N)=O)NC(=O)[C@H](CC(=O)O)NC(=O)[C@@H]1CCCN1C(=O)[C@H](CS)NC(=O)[C@@H](N)Cc1ccc(O)cc1)C(=O)N1CCC[C@H]1C(=O)N[C@@H](CS)C(=O)N[C@@H](Cc1ccc(O)cc1)C(N)=O. The van der Waals surface area contributed by atoms with Crippen LogP contribution in [0.1, 0.15) is 69.4 Å². The highest BCUT2D eigenvalue weighted by molar-refractivity contribution is 7.80. The van der Waals surface area contributed by atoms with Gasteiger partial charge in [0.2, 0.25) is 65.0 Å². The molecule has 2 aliphatic heterocycles. The molecular weight excluding hydrogens is 1100 g/mol. The van der Waals surface area contributed by atoms with E-state index in [1.54, 1.807) is 12.1 Å². The highest BCUT2D eigenvalue weighted by Gasteiger charge is 2.42. The molecular formula is C50H68N12O17S2. The van der Waals surface area contributed by atoms with Crippen LogP contribution < -0.4 is 54.4 Å². The Labute approximate surface area is 474 Å². The van der Waals surface area contributed by atoms with Gasteiger partial charge in [0.15, 0.2) is 0 Å². The Morgan fingerprint density at radius 2 is 0.951 bits per heavy atom. The van der Waals surface area contributed by atoms with Crippen LogP contribution in [-0.2, 0) is 75.2 Å². The Morgan fingerprint density at radius 3 is 1.43 bits per heavy atom. The standard InChI is InChI=1S/C50H68N12O17S2/c1-24(49(78)61-16-2-4-36(61)48(77)59-34(22-80)46(75)56-31(41(53)70)19-26-8-12-28(64)13-9-26)54-44(73)32(20-39(66)67)57-43(72)30(14-15-38(52)65)55-45(74)33(21-40(68)69)58-47(76)37-5-3-17-62(37)50(79)35(23-81)60-42(71)29(51)18-25-6-10-27(63)11-7-25/h6-13,24,29-37,63-64,80-81H,2-5,14-23,51H2,1H3,(H2,52,65)(H2,53,70)(H,54,73)(H,55,74)(H,56,75)(H,57,72)(H,58,76)(H,59,77)(H,60,71)(H,66,67)(H,68,69)/t24-,29-,30-,31-,32-,33-,34-,35-,36-,37-/m0/s1. The van der Waals surface area contributed by atoms with Crippen LogP contribution in [0.5, 0.6) is 11.5 Å². The highest BCUT2D eigenvalue weighted by atomic mass is 32.1. The van der Waals surface area contributed by atoms with Gasteiger partial charge in [-0.05, 0) is 80.8 Å². The molecule has 11 amide bonds. The Kier molecular flexibility index (Phi) is 25.0. The van der Waals surface area contributed by atoms with Crippen LogP contribution in [0.25, 0.3) is 0 Å². The Balaban J connectivity index is 1.41. The molecule has 0 radical (unpaired) electrons. The van der Waals surface area contributed by atoms with E-state index in [-0.39, 0.29) is 68.2 Å². The van der Waals surface area contributed by atoms with E-state index in [9.17, 15) is 82.8 Å². The first-order valence-corrected chi connectivity index (χ1v) is 26.8. The molecule has 31 heteroatoms. The molecule has 0 saturated carbocycles. The molecule has 2 fully saturated rings. The number of benzene rings is 2. The number of likely N-dealkylation sites (tertiary alicyclic amines) is 2. The third kappa shape index (κ3) is 19.8. The lowest BCUT2D eigenvalue weighted by Gasteiger charge is -2.30. The smallest absolute Gasteiger partial charge is 0.305 e. The topological polar surface area (TPSA) is 472 Å². The van der Waals surface area contributed by atoms with Crippen LogP contribution >= 0.6 is 25.3 Å². The fourth-order valence-corrected chi connectivity index (χ4v) is 9.34. The van der Waals surface area contributed by atoms with E-state index < -0.39 is 163 Å². The van der Waals surface area contributed by atoms with Gasteiger partial charge in [0.1, 0.15) is 65.9 Å². The van der Waals surface area contributed by atoms with Gasteiger partial charge in [0.25, 0.3) is 0 Å². The number of rotatable bonds is 30. The largest absolute Gasteiger partial charge is 0.508 e. The first kappa shape index (κ1) is 65.3. The molecule has 29 nitrogen and oxygen atoms in total. The van der Waals surface area contributed by atoms with Crippen molar-refractivity contribution in [3.05, 3.63) is 59.7 Å². The van der Waals surface area contributed by atoms with Gasteiger partial charge in [0, 0.05) is 37.4 Å². The van der Waals surface area contributed by atoms with Gasteiger partial charge >= 0.3 is 11.9 Å². The van der Waals surface area contributed by atoms with Crippen molar-refractivity contribution < 1.29 is 82.8 Å². The van der Waals surface area contributed by atoms with Crippen molar-refractivity contribution in [3.63, 3.8) is 0 Å². The van der Waals surface area contributed by atoms with Gasteiger partial charge in [0.05, 0.1) is 18.9 Å². The van der Waals surface area contributed by atoms with Crippen molar-refractivity contribution in [1.82, 2.24) is 47.0 Å². The first-order chi connectivity index (χ1) is 38.2. The number of carbonyl (C=O) groups is 13. The number of nitrogens with two attached hydrogens (primary N) is 3. The highest BCUT2D eigenvalue weighted by Crippen LogP contribution is 2.22. The van der Waals surface area contributed by atoms with Crippen LogP contribution in [0.4, 0.5) is 0 Å². The van der Waals surface area contributed by atoms with Crippen molar-refractivity contribution in [2.24, 2.45) is 17.2 Å². The minimum atomic E-state index is -1.98. The van der Waals surface area contributed by atoms with E-state index in [1.165, 1.54) is 43.3 Å². The van der Waals surface area contributed by atoms with Crippen molar-refractivity contribution >= 4 is 102 Å². The summed E-state index contributed by atoms with van der Waals surface area (Å²) < 4.78 is 0. The molecule has 2 aromatic carbocycles. The summed E-state index contributed by atoms with van der Waals surface area (Å²) in [6.07, 6.45) is -2.71. The number of carboxylic acid groups (broad SMARTS) is 2. The predicted octanol–water partition coefficient (Wildman–Crippen LogP) is -4.83. The average Bonchev–Trinajstić information content (AvgIpc) is 4.12. The maximum atomic E-state index is 13.9. The molecule has 0 spiro atoms. The normalized spacial score (nSPS) is 17.7. The zero-order valence-corrected chi connectivity index (χ0v) is 45.7. The number of hydrogen-bond acceptors (Lipinski definition) is 18. The fourth-order valence-electron chi connectivity index (χ4n) is 8.83. The lowest BCUT2D eigenvalue weighted by molar-refractivity contribution is -0.144. The number of hydrogen-bond donors (Lipinski definition) is 16. The van der Waals surface area contributed by atoms with Crippen molar-refractivity contribution in [2.45, 2.75) is 132 Å². The second-order valence-corrected chi connectivity index (χ2v) is 20.0. The summed E-state index contributed by atoms with van der Waals surface area (Å²) in [4.78, 5) is 173. The van der Waals surface area contributed by atoms with Gasteiger partial charge in [-0.1, -0.05) is 24.3 Å². The number of carboxylic acids is 2. The molecule has 17 N–H and O–H groups in total. The predicted molar refractivity (Wildman–Crippen MR) is 290 cm³/mol. The number of phenols is 2. The van der Waals surface area contributed by atoms with E-state index in [0.717, 1.165) is 9.80 Å². The van der Waals surface area contributed by atoms with Gasteiger partial charge in [-0.25, -0.2) is 0 Å². The van der Waals surface area contributed by atoms with E-state index in [2.05, 4.69) is 62.5 Å². The second kappa shape index (κ2) is 31.0. The zero-order chi connectivity index (χ0) is 60.2. The summed E-state index contributed by atoms with van der Waals surface area (Å²) in [6.45, 7) is 1.21. The minimum Gasteiger partial charge on any atom is -0.508 e. The molecule has 10 atom stereocenters. The summed E-state index contributed by atoms with van der Waals surface area (Å²) in [5, 5.41) is 55.1. The van der Waals surface area contributed by atoms with E-state index in [0.29, 0.717) is 17.5 Å². The monoisotopic (exact) mass is 1170 g/mol. The third-order valence-electron chi connectivity index (χ3n) is 13.1. The number of carbonyl (C=O) groups excluding carboxylic acids is 11. The van der Waals surface area contributed by atoms with Crippen LogP contribution in [0, 0.1) is 0 Å². The quantitative estimate of drug-likeness (QED) is 0.0326. The van der Waals surface area contributed by atoms with Crippen LogP contribution in [-0.4, -0.2) is 192 Å². The molecule has 0 unspecified atom stereocenters. The van der Waals surface area contributed by atoms with E-state index in [1.807, 2.05) is 0 Å². The van der Waals surface area contributed by atoms with Crippen LogP contribution in [0.3, 0.4) is 0 Å². The van der Waals surface area contributed by atoms with Crippen molar-refractivity contribution in [1.29, 1.82) is 0 Å². The Hall–Kier alpha value is -8.19. The summed E-state index contributed by atoms with van der Waals surface area (Å²) in [6, 6.07) is -3.02. The zero-order valence-electron chi connectivity index (χ0n) is 43.9. The second-order valence-electron chi connectivity index (χ2n) is 19.3. The molecule has 2 heterocycles. The molecule has 0 aromatic heterocycles. The minimum absolute atomic E-state index is 0.00150. The average molecular weight is 1170 g/mol. The number of nitrogens with one attached hydrogen (secondary N) is 7. The fraction of sp³-hybridized carbons (Fsp3) is 0.500. The summed E-state index contributed by atoms with van der Waals surface area (Å²) >= 11 is 8.36. The molecule has 442 valence electrons. The number of aromatic hydroxyl groups is 2. The third-order valence-corrected chi connectivity index (χ3v) is 13.8. The van der Waals surface area contributed by atoms with Crippen LogP contribution in [0.2, 0.25) is 0 Å². The number of thiol groups is 2. The van der Waals surface area contributed by atoms with Gasteiger partial charge < -0.3 is 84.6 Å². The first-order valence-electron chi connectivity index (χ1n) is 25.5. The maximum absolute atomic E-state index is 13.9. The van der Waals surface area contributed by atoms with Gasteiger partial charge in [-0.2, -0.15) is 25.3 Å². The van der Waals surface area contributed by atoms with Gasteiger partial charge in [-0.3, -0.25) is 62.3 Å². The van der Waals surface area contributed by atoms with Crippen LogP contribution in [0.15, 0.2) is 48.5 Å². The van der Waals surface area contributed by atoms with Gasteiger partial charge in [-0.15, -0.1) is 0 Å². The number of primary amides is 2. The lowest BCUT2D eigenvalue weighted by Crippen LogP contribution is -2.60. The number of nitrogens with zero attached hydrogens (tertiary/aromatic N) is 2. The Morgan fingerprint density at radius 1 is 0.543 bits per heavy atom. The maximum Gasteiger partial charge on any atom is 0.305 e. The number of amides is 11. The Bertz CT molecular complexity index is 2670. The molecule has 2 saturated heterocycles. The number of phenolic OH excluding ortho intramolecular Hbond substituents is 2. The molecule has 2 aromatic rings. The van der Waals surface area contributed by atoms with Crippen molar-refractivity contribution in [2.75, 3.05) is 24.6 Å².